The minimum Gasteiger partial charge on any atom is -0.444 e. The molecule has 30 heavy (non-hydrogen) atoms. The number of pyridine rings is 1. The molecule has 2 atom stereocenters. The van der Waals surface area contributed by atoms with Crippen molar-refractivity contribution in [2.45, 2.75) is 58.6 Å². The van der Waals surface area contributed by atoms with E-state index in [-0.39, 0.29) is 30.4 Å². The van der Waals surface area contributed by atoms with Crippen molar-refractivity contribution in [3.63, 3.8) is 0 Å². The zero-order valence-corrected chi connectivity index (χ0v) is 17.9. The van der Waals surface area contributed by atoms with E-state index in [0.717, 1.165) is 5.56 Å². The lowest BCUT2D eigenvalue weighted by Crippen LogP contribution is -2.52. The average Bonchev–Trinajstić information content (AvgIpc) is 3.16. The Labute approximate surface area is 176 Å². The maximum absolute atomic E-state index is 12.4. The highest BCUT2D eigenvalue weighted by molar-refractivity contribution is 5.76. The zero-order chi connectivity index (χ0) is 21.7. The summed E-state index contributed by atoms with van der Waals surface area (Å²) in [4.78, 5) is 34.6. The van der Waals surface area contributed by atoms with Gasteiger partial charge in [-0.15, -0.1) is 0 Å². The number of nitrogens with one attached hydrogen (secondary N) is 1. The van der Waals surface area contributed by atoms with Crippen LogP contribution in [0.1, 0.15) is 46.4 Å². The van der Waals surface area contributed by atoms with Gasteiger partial charge in [-0.3, -0.25) is 9.78 Å². The number of amides is 2. The van der Waals surface area contributed by atoms with Crippen molar-refractivity contribution in [1.29, 1.82) is 0 Å². The maximum atomic E-state index is 12.4. The van der Waals surface area contributed by atoms with Crippen LogP contribution in [0.25, 0.3) is 11.4 Å². The highest BCUT2D eigenvalue weighted by Gasteiger charge is 2.31. The van der Waals surface area contributed by atoms with Gasteiger partial charge in [0.2, 0.25) is 17.6 Å². The predicted octanol–water partition coefficient (Wildman–Crippen LogP) is 2.83. The molecule has 0 radical (unpaired) electrons. The van der Waals surface area contributed by atoms with Gasteiger partial charge in [-0.25, -0.2) is 4.79 Å². The number of carbonyl (C=O) groups is 2. The van der Waals surface area contributed by atoms with Crippen molar-refractivity contribution in [1.82, 2.24) is 25.3 Å². The molecule has 0 spiro atoms. The van der Waals surface area contributed by atoms with Gasteiger partial charge in [-0.1, -0.05) is 12.1 Å². The summed E-state index contributed by atoms with van der Waals surface area (Å²) in [6, 6.07) is 3.62. The van der Waals surface area contributed by atoms with E-state index in [1.54, 1.807) is 29.4 Å². The van der Waals surface area contributed by atoms with Crippen molar-refractivity contribution < 1.29 is 18.8 Å². The van der Waals surface area contributed by atoms with E-state index in [2.05, 4.69) is 20.4 Å². The Bertz CT molecular complexity index is 862. The van der Waals surface area contributed by atoms with Crippen LogP contribution in [0.3, 0.4) is 0 Å². The van der Waals surface area contributed by atoms with E-state index in [1.807, 2.05) is 27.7 Å². The summed E-state index contributed by atoms with van der Waals surface area (Å²) >= 11 is 0. The number of ether oxygens (including phenoxy) is 1. The molecule has 3 heterocycles. The SMILES string of the molecule is C[C@H]1CN(C(=O)OC(C)(C)C)CC[C@H]1NC(=O)CCc1nc(-c2ccncc2)no1. The number of hydrogen-bond acceptors (Lipinski definition) is 7. The van der Waals surface area contributed by atoms with Crippen LogP contribution in [-0.2, 0) is 16.0 Å². The maximum Gasteiger partial charge on any atom is 0.410 e. The van der Waals surface area contributed by atoms with Crippen molar-refractivity contribution in [3.8, 4) is 11.4 Å². The molecule has 1 fully saturated rings. The van der Waals surface area contributed by atoms with Gasteiger partial charge in [-0.2, -0.15) is 4.98 Å². The number of piperidine rings is 1. The molecule has 0 aromatic carbocycles. The molecule has 0 unspecified atom stereocenters. The third-order valence-corrected chi connectivity index (χ3v) is 4.88. The molecule has 162 valence electrons. The van der Waals surface area contributed by atoms with E-state index < -0.39 is 5.60 Å². The minimum absolute atomic E-state index is 0.0197. The van der Waals surface area contributed by atoms with Crippen LogP contribution < -0.4 is 5.32 Å². The Morgan fingerprint density at radius 2 is 2.03 bits per heavy atom. The topological polar surface area (TPSA) is 110 Å². The van der Waals surface area contributed by atoms with Crippen LogP contribution in [0.4, 0.5) is 4.79 Å². The second kappa shape index (κ2) is 9.23. The van der Waals surface area contributed by atoms with Crippen molar-refractivity contribution in [3.05, 3.63) is 30.4 Å². The lowest BCUT2D eigenvalue weighted by atomic mass is 9.94. The largest absolute Gasteiger partial charge is 0.444 e. The van der Waals surface area contributed by atoms with E-state index >= 15 is 0 Å². The normalized spacial score (nSPS) is 19.4. The number of carbonyl (C=O) groups excluding carboxylic acids is 2. The Kier molecular flexibility index (Phi) is 6.69. The molecule has 2 aromatic heterocycles. The van der Waals surface area contributed by atoms with Gasteiger partial charge in [0.05, 0.1) is 0 Å². The molecule has 1 saturated heterocycles. The first-order valence-electron chi connectivity index (χ1n) is 10.2. The van der Waals surface area contributed by atoms with Gasteiger partial charge < -0.3 is 19.5 Å². The van der Waals surface area contributed by atoms with Crippen LogP contribution in [-0.4, -0.2) is 56.8 Å². The molecule has 9 heteroatoms. The molecule has 2 amide bonds. The molecule has 9 nitrogen and oxygen atoms in total. The van der Waals surface area contributed by atoms with E-state index in [0.29, 0.717) is 37.6 Å². The highest BCUT2D eigenvalue weighted by atomic mass is 16.6. The molecule has 1 N–H and O–H groups in total. The number of aromatic nitrogens is 3. The Balaban J connectivity index is 1.44. The summed E-state index contributed by atoms with van der Waals surface area (Å²) in [7, 11) is 0. The fourth-order valence-electron chi connectivity index (χ4n) is 3.33. The van der Waals surface area contributed by atoms with Crippen molar-refractivity contribution in [2.75, 3.05) is 13.1 Å². The highest BCUT2D eigenvalue weighted by Crippen LogP contribution is 2.20. The number of aryl methyl sites for hydroxylation is 1. The molecular weight excluding hydrogens is 386 g/mol. The molecule has 2 aromatic rings. The Morgan fingerprint density at radius 1 is 1.30 bits per heavy atom. The number of hydrogen-bond donors (Lipinski definition) is 1. The van der Waals surface area contributed by atoms with Gasteiger partial charge in [0.1, 0.15) is 5.60 Å². The van der Waals surface area contributed by atoms with E-state index in [1.165, 1.54) is 0 Å². The standard InChI is InChI=1S/C21H29N5O4/c1-14-13-26(20(28)29-21(2,3)4)12-9-16(14)23-17(27)5-6-18-24-19(25-30-18)15-7-10-22-11-8-15/h7-8,10-11,14,16H,5-6,9,12-13H2,1-4H3,(H,23,27)/t14-,16+/m0/s1. The molecule has 3 rings (SSSR count). The Hall–Kier alpha value is -2.97. The predicted molar refractivity (Wildman–Crippen MR) is 109 cm³/mol. The second-order valence-corrected chi connectivity index (χ2v) is 8.61. The number of likely N-dealkylation sites (tertiary alicyclic amines) is 1. The van der Waals surface area contributed by atoms with E-state index in [9.17, 15) is 9.59 Å². The third-order valence-electron chi connectivity index (χ3n) is 4.88. The first-order valence-corrected chi connectivity index (χ1v) is 10.2. The molecule has 0 bridgehead atoms. The first-order chi connectivity index (χ1) is 14.2. The molecule has 1 aliphatic heterocycles. The van der Waals surface area contributed by atoms with Gasteiger partial charge in [-0.05, 0) is 45.2 Å². The fourth-order valence-corrected chi connectivity index (χ4v) is 3.33. The quantitative estimate of drug-likeness (QED) is 0.799. The lowest BCUT2D eigenvalue weighted by molar-refractivity contribution is -0.122. The molecular formula is C21H29N5O4. The number of rotatable bonds is 5. The van der Waals surface area contributed by atoms with Crippen LogP contribution in [0, 0.1) is 5.92 Å². The summed E-state index contributed by atoms with van der Waals surface area (Å²) < 4.78 is 10.7. The van der Waals surface area contributed by atoms with Gasteiger partial charge in [0.15, 0.2) is 0 Å². The van der Waals surface area contributed by atoms with Crippen molar-refractivity contribution >= 4 is 12.0 Å². The lowest BCUT2D eigenvalue weighted by Gasteiger charge is -2.37. The van der Waals surface area contributed by atoms with Gasteiger partial charge in [0.25, 0.3) is 0 Å². The van der Waals surface area contributed by atoms with Crippen LogP contribution in [0.2, 0.25) is 0 Å². The second-order valence-electron chi connectivity index (χ2n) is 8.61. The smallest absolute Gasteiger partial charge is 0.410 e. The molecule has 0 aliphatic carbocycles. The minimum atomic E-state index is -0.516. The summed E-state index contributed by atoms with van der Waals surface area (Å²) in [6.45, 7) is 8.70. The Morgan fingerprint density at radius 3 is 2.70 bits per heavy atom. The summed E-state index contributed by atoms with van der Waals surface area (Å²) in [5.41, 5.74) is 0.298. The third kappa shape index (κ3) is 6.01. The van der Waals surface area contributed by atoms with Crippen molar-refractivity contribution in [2.24, 2.45) is 5.92 Å². The average molecular weight is 415 g/mol. The van der Waals surface area contributed by atoms with Crippen LogP contribution in [0.15, 0.2) is 29.0 Å². The summed E-state index contributed by atoms with van der Waals surface area (Å²) in [5.74, 6) is 0.971. The monoisotopic (exact) mass is 415 g/mol. The first kappa shape index (κ1) is 21.7. The van der Waals surface area contributed by atoms with E-state index in [4.69, 9.17) is 9.26 Å². The summed E-state index contributed by atoms with van der Waals surface area (Å²) in [6.07, 6.45) is 4.34. The molecule has 1 aliphatic rings. The van der Waals surface area contributed by atoms with Gasteiger partial charge >= 0.3 is 6.09 Å². The van der Waals surface area contributed by atoms with Crippen LogP contribution in [0.5, 0.6) is 0 Å². The summed E-state index contributed by atoms with van der Waals surface area (Å²) in [5, 5.41) is 7.02. The van der Waals surface area contributed by atoms with Gasteiger partial charge in [0, 0.05) is 49.9 Å². The molecule has 0 saturated carbocycles. The fraction of sp³-hybridized carbons (Fsp3) is 0.571. The zero-order valence-electron chi connectivity index (χ0n) is 17.9. The van der Waals surface area contributed by atoms with Crippen LogP contribution >= 0.6 is 0 Å². The number of nitrogens with zero attached hydrogens (tertiary/aromatic N) is 4.